The average molecular weight is 256 g/mol. The van der Waals surface area contributed by atoms with E-state index < -0.39 is 17.9 Å². The molecule has 2 N–H and O–H groups in total. The molecule has 0 spiro atoms. The van der Waals surface area contributed by atoms with E-state index in [1.807, 2.05) is 0 Å². The number of halogens is 2. The molecule has 1 aromatic rings. The number of likely N-dealkylation sites (N-methyl/N-ethyl adjacent to an activating group) is 1. The van der Waals surface area contributed by atoms with Crippen molar-refractivity contribution in [2.45, 2.75) is 37.3 Å². The highest BCUT2D eigenvalue weighted by atomic mass is 19.3. The molecule has 98 valence electrons. The molecule has 3 rings (SSSR count). The zero-order valence-corrected chi connectivity index (χ0v) is 9.94. The fourth-order valence-corrected chi connectivity index (χ4v) is 2.31. The Hall–Kier alpha value is -1.50. The van der Waals surface area contributed by atoms with Gasteiger partial charge in [0.2, 0.25) is 5.91 Å². The first-order valence-electron chi connectivity index (χ1n) is 5.89. The van der Waals surface area contributed by atoms with E-state index in [1.54, 1.807) is 17.8 Å². The van der Waals surface area contributed by atoms with Crippen LogP contribution in [0.2, 0.25) is 0 Å². The first-order valence-corrected chi connectivity index (χ1v) is 5.89. The van der Waals surface area contributed by atoms with Crippen LogP contribution in [0.5, 0.6) is 0 Å². The van der Waals surface area contributed by atoms with Gasteiger partial charge < -0.3 is 5.73 Å². The average Bonchev–Trinajstić information content (AvgIpc) is 2.81. The quantitative estimate of drug-likeness (QED) is 0.804. The van der Waals surface area contributed by atoms with Crippen LogP contribution in [-0.4, -0.2) is 34.7 Å². The maximum absolute atomic E-state index is 13.0. The molecule has 1 amide bonds. The van der Waals surface area contributed by atoms with Crippen LogP contribution in [0, 0.1) is 0 Å². The van der Waals surface area contributed by atoms with Crippen LogP contribution in [0.25, 0.3) is 0 Å². The first-order chi connectivity index (χ1) is 8.40. The molecule has 1 aromatic heterocycles. The lowest BCUT2D eigenvalue weighted by Crippen LogP contribution is -2.40. The number of hydrogen-bond acceptors (Lipinski definition) is 3. The lowest BCUT2D eigenvalue weighted by atomic mass is 10.2. The van der Waals surface area contributed by atoms with Crippen molar-refractivity contribution in [1.29, 1.82) is 0 Å². The number of alkyl halides is 2. The van der Waals surface area contributed by atoms with Gasteiger partial charge >= 0.3 is 0 Å². The molecule has 1 aliphatic carbocycles. The molecule has 1 fully saturated rings. The summed E-state index contributed by atoms with van der Waals surface area (Å²) >= 11 is 0. The number of fused-ring (bicyclic) bond motifs is 1. The Morgan fingerprint density at radius 3 is 2.83 bits per heavy atom. The topological polar surface area (TPSA) is 64.2 Å². The highest BCUT2D eigenvalue weighted by molar-refractivity contribution is 5.96. The van der Waals surface area contributed by atoms with E-state index in [1.165, 1.54) is 4.90 Å². The van der Waals surface area contributed by atoms with Crippen LogP contribution in [0.1, 0.15) is 24.5 Å². The van der Waals surface area contributed by atoms with E-state index in [9.17, 15) is 13.6 Å². The number of rotatable bonds is 1. The van der Waals surface area contributed by atoms with Crippen molar-refractivity contribution in [2.75, 3.05) is 11.9 Å². The summed E-state index contributed by atoms with van der Waals surface area (Å²) < 4.78 is 27.6. The summed E-state index contributed by atoms with van der Waals surface area (Å²) in [6.07, 6.45) is 0.318. The molecule has 18 heavy (non-hydrogen) atoms. The maximum atomic E-state index is 13.0. The van der Waals surface area contributed by atoms with Crippen molar-refractivity contribution in [3.63, 3.8) is 0 Å². The number of nitrogens with two attached hydrogens (primary N) is 1. The minimum Gasteiger partial charge on any atom is -0.320 e. The van der Waals surface area contributed by atoms with E-state index in [2.05, 4.69) is 5.10 Å². The fraction of sp³-hybridized carbons (Fsp3) is 0.636. The van der Waals surface area contributed by atoms with Crippen LogP contribution < -0.4 is 10.6 Å². The predicted molar refractivity (Wildman–Crippen MR) is 60.5 cm³/mol. The van der Waals surface area contributed by atoms with Gasteiger partial charge in [0.25, 0.3) is 5.92 Å². The van der Waals surface area contributed by atoms with Gasteiger partial charge in [0.15, 0.2) is 0 Å². The third kappa shape index (κ3) is 1.61. The second-order valence-corrected chi connectivity index (χ2v) is 4.96. The zero-order chi connectivity index (χ0) is 13.1. The van der Waals surface area contributed by atoms with Gasteiger partial charge in [0, 0.05) is 26.1 Å². The Morgan fingerprint density at radius 2 is 2.22 bits per heavy atom. The highest BCUT2D eigenvalue weighted by Gasteiger charge is 2.59. The van der Waals surface area contributed by atoms with Crippen LogP contribution in [0.3, 0.4) is 0 Å². The third-order valence-electron chi connectivity index (χ3n) is 3.60. The Balaban J connectivity index is 1.94. The molecule has 1 saturated carbocycles. The maximum Gasteiger partial charge on any atom is 0.257 e. The number of aromatic nitrogens is 2. The fourth-order valence-electron chi connectivity index (χ4n) is 2.31. The summed E-state index contributed by atoms with van der Waals surface area (Å²) in [7, 11) is 1.59. The molecule has 7 heteroatoms. The zero-order valence-electron chi connectivity index (χ0n) is 9.94. The summed E-state index contributed by atoms with van der Waals surface area (Å²) in [4.78, 5) is 13.2. The number of nitrogens with zero attached hydrogens (tertiary/aromatic N) is 3. The highest BCUT2D eigenvalue weighted by Crippen LogP contribution is 2.55. The molecular weight excluding hydrogens is 242 g/mol. The van der Waals surface area contributed by atoms with Gasteiger partial charge in [-0.2, -0.15) is 5.10 Å². The summed E-state index contributed by atoms with van der Waals surface area (Å²) in [6, 6.07) is 1.02. The molecule has 0 saturated heterocycles. The minimum absolute atomic E-state index is 0.152. The molecule has 0 aromatic carbocycles. The van der Waals surface area contributed by atoms with Crippen molar-refractivity contribution >= 4 is 11.7 Å². The number of carbonyl (C=O) groups is 1. The van der Waals surface area contributed by atoms with Gasteiger partial charge in [-0.05, 0) is 6.42 Å². The first kappa shape index (κ1) is 11.6. The Labute approximate surface area is 103 Å². The van der Waals surface area contributed by atoms with E-state index >= 15 is 0 Å². The number of aryl methyl sites for hydroxylation is 1. The lowest BCUT2D eigenvalue weighted by Gasteiger charge is -2.16. The number of amides is 1. The summed E-state index contributed by atoms with van der Waals surface area (Å²) in [6.45, 7) is 0.477. The number of carbonyl (C=O) groups excluding carboxylic acids is 1. The van der Waals surface area contributed by atoms with Crippen molar-refractivity contribution in [2.24, 2.45) is 5.73 Å². The van der Waals surface area contributed by atoms with Crippen molar-refractivity contribution in [3.05, 3.63) is 11.8 Å². The Kier molecular flexibility index (Phi) is 2.25. The Morgan fingerprint density at radius 1 is 1.56 bits per heavy atom. The Bertz CT molecular complexity index is 513. The van der Waals surface area contributed by atoms with E-state index in [-0.39, 0.29) is 12.3 Å². The van der Waals surface area contributed by atoms with Crippen LogP contribution >= 0.6 is 0 Å². The second-order valence-electron chi connectivity index (χ2n) is 4.96. The van der Waals surface area contributed by atoms with Gasteiger partial charge in [0.05, 0.1) is 17.7 Å². The molecule has 2 unspecified atom stereocenters. The summed E-state index contributed by atoms with van der Waals surface area (Å²) in [5.74, 6) is -3.10. The van der Waals surface area contributed by atoms with E-state index in [0.717, 1.165) is 0 Å². The predicted octanol–water partition coefficient (Wildman–Crippen LogP) is 0.699. The molecule has 1 aliphatic heterocycles. The van der Waals surface area contributed by atoms with E-state index in [0.29, 0.717) is 24.5 Å². The SMILES string of the molecule is CN1C(=O)C(N)CCn2nc(C3CC3(F)F)cc21. The largest absolute Gasteiger partial charge is 0.320 e. The van der Waals surface area contributed by atoms with Gasteiger partial charge in [-0.25, -0.2) is 13.5 Å². The van der Waals surface area contributed by atoms with Crippen LogP contribution in [0.4, 0.5) is 14.6 Å². The summed E-state index contributed by atoms with van der Waals surface area (Å²) in [5, 5.41) is 4.17. The molecule has 2 aliphatic rings. The minimum atomic E-state index is -2.64. The van der Waals surface area contributed by atoms with E-state index in [4.69, 9.17) is 5.73 Å². The summed E-state index contributed by atoms with van der Waals surface area (Å²) in [5.41, 5.74) is 6.07. The monoisotopic (exact) mass is 256 g/mol. The van der Waals surface area contributed by atoms with Gasteiger partial charge in [-0.1, -0.05) is 0 Å². The second kappa shape index (κ2) is 3.50. The normalized spacial score (nSPS) is 30.0. The molecule has 2 heterocycles. The van der Waals surface area contributed by atoms with Crippen LogP contribution in [0.15, 0.2) is 6.07 Å². The van der Waals surface area contributed by atoms with Crippen molar-refractivity contribution in [3.8, 4) is 0 Å². The molecule has 0 radical (unpaired) electrons. The van der Waals surface area contributed by atoms with Gasteiger partial charge in [-0.3, -0.25) is 9.69 Å². The van der Waals surface area contributed by atoms with Gasteiger partial charge in [-0.15, -0.1) is 0 Å². The van der Waals surface area contributed by atoms with Crippen LogP contribution in [-0.2, 0) is 11.3 Å². The third-order valence-corrected chi connectivity index (χ3v) is 3.60. The molecule has 2 atom stereocenters. The number of hydrogen-bond donors (Lipinski definition) is 1. The van der Waals surface area contributed by atoms with Crippen molar-refractivity contribution in [1.82, 2.24) is 9.78 Å². The smallest absolute Gasteiger partial charge is 0.257 e. The van der Waals surface area contributed by atoms with Gasteiger partial charge in [0.1, 0.15) is 5.82 Å². The van der Waals surface area contributed by atoms with Crippen molar-refractivity contribution < 1.29 is 13.6 Å². The molecular formula is C11H14F2N4O. The lowest BCUT2D eigenvalue weighted by molar-refractivity contribution is -0.119. The molecule has 5 nitrogen and oxygen atoms in total. The molecule has 0 bridgehead atoms. The number of anilines is 1. The standard InChI is InChI=1S/C11H14F2N4O/c1-16-9-4-8(6-5-11(6,12)13)15-17(9)3-2-7(14)10(16)18/h4,6-7H,2-3,5,14H2,1H3.